The molecule has 0 bridgehead atoms. The highest BCUT2D eigenvalue weighted by molar-refractivity contribution is 7.81. The molecule has 54 valence electrons. The van der Waals surface area contributed by atoms with Gasteiger partial charge in [-0.25, -0.2) is 4.39 Å². The predicted molar refractivity (Wildman–Crippen MR) is 39.1 cm³/mol. The molecule has 2 nitrogen and oxygen atoms in total. The van der Waals surface area contributed by atoms with Crippen molar-refractivity contribution in [2.24, 2.45) is 5.92 Å². The van der Waals surface area contributed by atoms with E-state index in [1.807, 2.05) is 6.07 Å². The molecule has 1 aliphatic heterocycles. The van der Waals surface area contributed by atoms with Crippen LogP contribution >= 0.6 is 12.6 Å². The van der Waals surface area contributed by atoms with E-state index in [1.165, 1.54) is 6.08 Å². The zero-order chi connectivity index (χ0) is 7.56. The van der Waals surface area contributed by atoms with Crippen LogP contribution in [-0.2, 0) is 0 Å². The van der Waals surface area contributed by atoms with Crippen LogP contribution in [0, 0.1) is 17.2 Å². The summed E-state index contributed by atoms with van der Waals surface area (Å²) in [4.78, 5) is 0. The molecule has 1 N–H and O–H groups in total. The van der Waals surface area contributed by atoms with E-state index in [1.54, 1.807) is 0 Å². The first-order chi connectivity index (χ1) is 4.74. The van der Waals surface area contributed by atoms with Crippen molar-refractivity contribution in [2.45, 2.75) is 5.37 Å². The lowest BCUT2D eigenvalue weighted by Crippen LogP contribution is -2.33. The number of thiol groups is 1. The van der Waals surface area contributed by atoms with E-state index in [-0.39, 0.29) is 11.7 Å². The molecule has 4 heteroatoms. The van der Waals surface area contributed by atoms with E-state index >= 15 is 0 Å². The Morgan fingerprint density at radius 3 is 3.10 bits per heavy atom. The van der Waals surface area contributed by atoms with Crippen molar-refractivity contribution < 1.29 is 4.39 Å². The summed E-state index contributed by atoms with van der Waals surface area (Å²) in [7, 11) is 0. The van der Waals surface area contributed by atoms with Gasteiger partial charge >= 0.3 is 0 Å². The van der Waals surface area contributed by atoms with Crippen LogP contribution in [0.4, 0.5) is 4.39 Å². The van der Waals surface area contributed by atoms with Crippen LogP contribution in [0.15, 0.2) is 11.9 Å². The highest BCUT2D eigenvalue weighted by atomic mass is 32.1. The van der Waals surface area contributed by atoms with Crippen molar-refractivity contribution in [3.63, 3.8) is 0 Å². The molecule has 2 atom stereocenters. The Hall–Kier alpha value is -0.530. The molecule has 0 amide bonds. The first-order valence-corrected chi connectivity index (χ1v) is 3.44. The van der Waals surface area contributed by atoms with Crippen LogP contribution in [0.2, 0.25) is 0 Å². The van der Waals surface area contributed by atoms with Gasteiger partial charge in [-0.3, -0.25) is 5.32 Å². The molecule has 1 rings (SSSR count). The summed E-state index contributed by atoms with van der Waals surface area (Å²) in [5.74, 6) is -0.704. The van der Waals surface area contributed by atoms with Gasteiger partial charge in [0.1, 0.15) is 11.2 Å². The molecule has 0 saturated heterocycles. The number of halogens is 1. The molecule has 2 unspecified atom stereocenters. The minimum Gasteiger partial charge on any atom is -0.298 e. The van der Waals surface area contributed by atoms with E-state index in [4.69, 9.17) is 5.26 Å². The van der Waals surface area contributed by atoms with Crippen LogP contribution in [0.1, 0.15) is 0 Å². The fourth-order valence-corrected chi connectivity index (χ4v) is 0.953. The Morgan fingerprint density at radius 2 is 2.60 bits per heavy atom. The second kappa shape index (κ2) is 3.04. The van der Waals surface area contributed by atoms with Gasteiger partial charge in [0.25, 0.3) is 0 Å². The smallest absolute Gasteiger partial charge is 0.124 e. The lowest BCUT2D eigenvalue weighted by Gasteiger charge is -2.18. The van der Waals surface area contributed by atoms with Gasteiger partial charge in [0, 0.05) is 6.54 Å². The Morgan fingerprint density at radius 1 is 1.90 bits per heavy atom. The summed E-state index contributed by atoms with van der Waals surface area (Å²) in [5, 5.41) is 10.6. The highest BCUT2D eigenvalue weighted by Crippen LogP contribution is 2.16. The SMILES string of the molecule is N#CC1C=C(F)C(S)NC1. The maximum absolute atomic E-state index is 12.6. The third-order valence-corrected chi connectivity index (χ3v) is 1.75. The predicted octanol–water partition coefficient (Wildman–Crippen LogP) is 0.839. The van der Waals surface area contributed by atoms with E-state index in [9.17, 15) is 4.39 Å². The molecule has 1 aliphatic rings. The summed E-state index contributed by atoms with van der Waals surface area (Å²) in [6.07, 6.45) is 1.30. The van der Waals surface area contributed by atoms with E-state index in [0.29, 0.717) is 6.54 Å². The number of rotatable bonds is 0. The van der Waals surface area contributed by atoms with Crippen molar-refractivity contribution in [3.05, 3.63) is 11.9 Å². The van der Waals surface area contributed by atoms with Gasteiger partial charge in [0.15, 0.2) is 0 Å². The summed E-state index contributed by atoms with van der Waals surface area (Å²) in [6, 6.07) is 1.94. The minimum absolute atomic E-state index is 0.344. The topological polar surface area (TPSA) is 35.8 Å². The zero-order valence-corrected chi connectivity index (χ0v) is 6.11. The summed E-state index contributed by atoms with van der Waals surface area (Å²) >= 11 is 3.87. The molecule has 0 spiro atoms. The molecule has 0 aliphatic carbocycles. The van der Waals surface area contributed by atoms with Gasteiger partial charge in [0.05, 0.1) is 12.0 Å². The molecule has 0 aromatic carbocycles. The average molecular weight is 158 g/mol. The molecule has 10 heavy (non-hydrogen) atoms. The van der Waals surface area contributed by atoms with Crippen molar-refractivity contribution in [3.8, 4) is 6.07 Å². The van der Waals surface area contributed by atoms with E-state index < -0.39 is 5.37 Å². The lowest BCUT2D eigenvalue weighted by atomic mass is 10.1. The van der Waals surface area contributed by atoms with Gasteiger partial charge in [0.2, 0.25) is 0 Å². The third-order valence-electron chi connectivity index (χ3n) is 1.32. The first kappa shape index (κ1) is 7.58. The normalized spacial score (nSPS) is 32.7. The van der Waals surface area contributed by atoms with Crippen LogP contribution < -0.4 is 5.32 Å². The first-order valence-electron chi connectivity index (χ1n) is 2.92. The Labute approximate surface area is 64.1 Å². The number of nitriles is 1. The summed E-state index contributed by atoms with van der Waals surface area (Å²) < 4.78 is 12.6. The Bertz CT molecular complexity index is 196. The Kier molecular flexibility index (Phi) is 2.30. The number of hydrogen-bond donors (Lipinski definition) is 2. The zero-order valence-electron chi connectivity index (χ0n) is 5.21. The van der Waals surface area contributed by atoms with Gasteiger partial charge in [-0.05, 0) is 6.08 Å². The van der Waals surface area contributed by atoms with Gasteiger partial charge < -0.3 is 0 Å². The third kappa shape index (κ3) is 1.49. The lowest BCUT2D eigenvalue weighted by molar-refractivity contribution is 0.495. The van der Waals surface area contributed by atoms with Gasteiger partial charge in [-0.1, -0.05) is 0 Å². The molecular formula is C6H7FN2S. The second-order valence-corrected chi connectivity index (χ2v) is 2.61. The largest absolute Gasteiger partial charge is 0.298 e. The number of nitrogens with zero attached hydrogens (tertiary/aromatic N) is 1. The number of nitrogens with one attached hydrogen (secondary N) is 1. The average Bonchev–Trinajstić information content (AvgIpc) is 1.95. The quantitative estimate of drug-likeness (QED) is 0.512. The Balaban J connectivity index is 2.68. The van der Waals surface area contributed by atoms with Crippen molar-refractivity contribution in [1.29, 1.82) is 5.26 Å². The monoisotopic (exact) mass is 158 g/mol. The summed E-state index contributed by atoms with van der Waals surface area (Å²) in [5.41, 5.74) is 0. The maximum Gasteiger partial charge on any atom is 0.124 e. The summed E-state index contributed by atoms with van der Waals surface area (Å²) in [6.45, 7) is 0.484. The van der Waals surface area contributed by atoms with Crippen LogP contribution in [0.25, 0.3) is 0 Å². The second-order valence-electron chi connectivity index (χ2n) is 2.10. The fraction of sp³-hybridized carbons (Fsp3) is 0.500. The van der Waals surface area contributed by atoms with Crippen LogP contribution in [0.3, 0.4) is 0 Å². The minimum atomic E-state index is -0.524. The van der Waals surface area contributed by atoms with Gasteiger partial charge in [-0.2, -0.15) is 17.9 Å². The van der Waals surface area contributed by atoms with Crippen LogP contribution in [0.5, 0.6) is 0 Å². The molecule has 0 saturated carbocycles. The van der Waals surface area contributed by atoms with E-state index in [2.05, 4.69) is 17.9 Å². The van der Waals surface area contributed by atoms with Crippen LogP contribution in [-0.4, -0.2) is 11.9 Å². The van der Waals surface area contributed by atoms with Crippen molar-refractivity contribution in [2.75, 3.05) is 6.54 Å². The fourth-order valence-electron chi connectivity index (χ4n) is 0.761. The molecular weight excluding hydrogens is 151 g/mol. The molecule has 0 fully saturated rings. The van der Waals surface area contributed by atoms with Crippen molar-refractivity contribution in [1.82, 2.24) is 5.32 Å². The van der Waals surface area contributed by atoms with Gasteiger partial charge in [-0.15, -0.1) is 0 Å². The maximum atomic E-state index is 12.6. The van der Waals surface area contributed by atoms with E-state index in [0.717, 1.165) is 0 Å². The molecule has 0 radical (unpaired) electrons. The number of hydrogen-bond acceptors (Lipinski definition) is 3. The molecule has 0 aromatic rings. The molecule has 0 aromatic heterocycles. The standard InChI is InChI=1S/C6H7FN2S/c7-5-1-4(2-8)3-9-6(5)10/h1,4,6,9-10H,3H2. The molecule has 1 heterocycles. The van der Waals surface area contributed by atoms with Crippen molar-refractivity contribution >= 4 is 12.6 Å². The highest BCUT2D eigenvalue weighted by Gasteiger charge is 2.18.